The van der Waals surface area contributed by atoms with E-state index in [2.05, 4.69) is 98.9 Å². The standard InChI is InChI=1S/C18H17PSe/c19-20(16-10-4-1-5-11-16,17-12-6-2-7-13-17)18-14-8-3-9-15-18/h1-15H,19H2. The van der Waals surface area contributed by atoms with Gasteiger partial charge in [-0.2, -0.15) is 0 Å². The Morgan fingerprint density at radius 2 is 0.700 bits per heavy atom. The third-order valence-electron chi connectivity index (χ3n) is 3.34. The van der Waals surface area contributed by atoms with Gasteiger partial charge in [0.25, 0.3) is 0 Å². The normalized spacial score (nSPS) is 12.1. The van der Waals surface area contributed by atoms with E-state index in [0.29, 0.717) is 0 Å². The first-order valence-corrected chi connectivity index (χ1v) is 12.6. The second kappa shape index (κ2) is 5.94. The fourth-order valence-corrected chi connectivity index (χ4v) is 10.2. The molecular formula is C18H17PSe. The Balaban J connectivity index is 2.24. The van der Waals surface area contributed by atoms with E-state index in [1.165, 1.54) is 13.4 Å². The molecule has 0 N–H and O–H groups in total. The maximum atomic E-state index is 3.22. The molecule has 1 unspecified atom stereocenters. The van der Waals surface area contributed by atoms with Crippen LogP contribution in [-0.2, 0) is 0 Å². The molecule has 0 aliphatic rings. The van der Waals surface area contributed by atoms with Crippen molar-refractivity contribution >= 4 is 33.7 Å². The molecule has 0 aromatic heterocycles. The minimum absolute atomic E-state index is 1.44. The van der Waals surface area contributed by atoms with Gasteiger partial charge in [0.05, 0.1) is 0 Å². The van der Waals surface area contributed by atoms with Crippen molar-refractivity contribution in [2.24, 2.45) is 0 Å². The molecule has 0 saturated heterocycles. The summed E-state index contributed by atoms with van der Waals surface area (Å²) in [4.78, 5) is 0. The van der Waals surface area contributed by atoms with Crippen molar-refractivity contribution in [1.29, 1.82) is 0 Å². The molecule has 20 heavy (non-hydrogen) atoms. The van der Waals surface area contributed by atoms with Gasteiger partial charge in [0.1, 0.15) is 0 Å². The van der Waals surface area contributed by atoms with Crippen molar-refractivity contribution in [1.82, 2.24) is 0 Å². The Morgan fingerprint density at radius 3 is 0.950 bits per heavy atom. The summed E-state index contributed by atoms with van der Waals surface area (Å²) < 4.78 is 4.31. The van der Waals surface area contributed by atoms with Crippen LogP contribution in [0, 0.1) is 0 Å². The molecule has 0 saturated carbocycles. The van der Waals surface area contributed by atoms with Crippen LogP contribution in [0.5, 0.6) is 0 Å². The van der Waals surface area contributed by atoms with Crippen molar-refractivity contribution in [2.45, 2.75) is 0 Å². The number of hydrogen-bond donors (Lipinski definition) is 0. The quantitative estimate of drug-likeness (QED) is 0.506. The van der Waals surface area contributed by atoms with Crippen molar-refractivity contribution in [2.75, 3.05) is 0 Å². The zero-order valence-corrected chi connectivity index (χ0v) is 14.0. The predicted molar refractivity (Wildman–Crippen MR) is 93.7 cm³/mol. The van der Waals surface area contributed by atoms with Crippen molar-refractivity contribution in [3.05, 3.63) is 91.0 Å². The van der Waals surface area contributed by atoms with Crippen LogP contribution in [0.1, 0.15) is 0 Å². The molecule has 3 aromatic carbocycles. The molecule has 0 amide bonds. The average Bonchev–Trinajstić information content (AvgIpc) is 2.56. The van der Waals surface area contributed by atoms with Gasteiger partial charge < -0.3 is 0 Å². The van der Waals surface area contributed by atoms with E-state index in [1.807, 2.05) is 0 Å². The summed E-state index contributed by atoms with van der Waals surface area (Å²) >= 11 is -2.18. The molecule has 3 aromatic rings. The van der Waals surface area contributed by atoms with E-state index < -0.39 is 12.4 Å². The first kappa shape index (κ1) is 13.6. The monoisotopic (exact) mass is 344 g/mol. The summed E-state index contributed by atoms with van der Waals surface area (Å²) in [5.41, 5.74) is 0. The third kappa shape index (κ3) is 2.45. The minimum atomic E-state index is -2.18. The van der Waals surface area contributed by atoms with Crippen LogP contribution in [0.3, 0.4) is 0 Å². The Labute approximate surface area is 124 Å². The molecule has 3 rings (SSSR count). The Hall–Kier alpha value is -1.39. The molecule has 0 aliphatic heterocycles. The van der Waals surface area contributed by atoms with Crippen LogP contribution in [-0.4, -0.2) is 12.4 Å². The molecule has 0 heterocycles. The van der Waals surface area contributed by atoms with Crippen LogP contribution in [0.15, 0.2) is 91.0 Å². The molecule has 0 fully saturated rings. The fourth-order valence-electron chi connectivity index (χ4n) is 2.31. The van der Waals surface area contributed by atoms with Gasteiger partial charge in [0, 0.05) is 0 Å². The second-order valence-corrected chi connectivity index (χ2v) is 14.0. The van der Waals surface area contributed by atoms with E-state index in [9.17, 15) is 0 Å². The summed E-state index contributed by atoms with van der Waals surface area (Å²) in [5.74, 6) is 0. The van der Waals surface area contributed by atoms with Crippen LogP contribution < -0.4 is 13.4 Å². The first-order chi connectivity index (χ1) is 9.82. The van der Waals surface area contributed by atoms with Crippen molar-refractivity contribution in [3.8, 4) is 0 Å². The zero-order chi connectivity index (χ0) is 13.8. The molecule has 0 radical (unpaired) electrons. The van der Waals surface area contributed by atoms with E-state index in [1.54, 1.807) is 0 Å². The van der Waals surface area contributed by atoms with E-state index >= 15 is 0 Å². The average molecular weight is 343 g/mol. The van der Waals surface area contributed by atoms with Gasteiger partial charge in [-0.1, -0.05) is 0 Å². The van der Waals surface area contributed by atoms with Gasteiger partial charge in [0.2, 0.25) is 0 Å². The molecule has 2 heteroatoms. The predicted octanol–water partition coefficient (Wildman–Crippen LogP) is 2.53. The molecule has 0 aliphatic carbocycles. The van der Waals surface area contributed by atoms with Crippen LogP contribution in [0.4, 0.5) is 0 Å². The van der Waals surface area contributed by atoms with E-state index in [-0.39, 0.29) is 0 Å². The van der Waals surface area contributed by atoms with Gasteiger partial charge in [0.15, 0.2) is 0 Å². The number of hydrogen-bond acceptors (Lipinski definition) is 0. The van der Waals surface area contributed by atoms with Crippen LogP contribution in [0.25, 0.3) is 0 Å². The van der Waals surface area contributed by atoms with Gasteiger partial charge >= 0.3 is 125 Å². The summed E-state index contributed by atoms with van der Waals surface area (Å²) in [6.45, 7) is 0. The number of rotatable bonds is 3. The summed E-state index contributed by atoms with van der Waals surface area (Å²) in [6, 6.07) is 32.6. The van der Waals surface area contributed by atoms with E-state index in [0.717, 1.165) is 0 Å². The fraction of sp³-hybridized carbons (Fsp3) is 0. The Bertz CT molecular complexity index is 569. The summed E-state index contributed by atoms with van der Waals surface area (Å²) in [5, 5.41) is 0. The van der Waals surface area contributed by atoms with E-state index in [4.69, 9.17) is 0 Å². The van der Waals surface area contributed by atoms with Crippen molar-refractivity contribution < 1.29 is 0 Å². The van der Waals surface area contributed by atoms with Crippen molar-refractivity contribution in [3.63, 3.8) is 0 Å². The van der Waals surface area contributed by atoms with Gasteiger partial charge in [-0.15, -0.1) is 0 Å². The maximum absolute atomic E-state index is 3.22. The van der Waals surface area contributed by atoms with Crippen LogP contribution in [0.2, 0.25) is 0 Å². The number of benzene rings is 3. The zero-order valence-electron chi connectivity index (χ0n) is 11.1. The Kier molecular flexibility index (Phi) is 4.03. The van der Waals surface area contributed by atoms with Gasteiger partial charge in [-0.25, -0.2) is 0 Å². The molecular weight excluding hydrogens is 326 g/mol. The molecule has 0 bridgehead atoms. The van der Waals surface area contributed by atoms with Gasteiger partial charge in [-0.05, 0) is 0 Å². The molecule has 0 nitrogen and oxygen atoms in total. The first-order valence-electron chi connectivity index (χ1n) is 6.58. The molecule has 100 valence electrons. The Morgan fingerprint density at radius 1 is 0.450 bits per heavy atom. The van der Waals surface area contributed by atoms with Gasteiger partial charge in [-0.3, -0.25) is 0 Å². The SMILES string of the molecule is P[Se](c1ccccc1)(c1ccccc1)c1ccccc1. The summed E-state index contributed by atoms with van der Waals surface area (Å²) in [6.07, 6.45) is 0. The molecule has 0 spiro atoms. The summed E-state index contributed by atoms with van der Waals surface area (Å²) in [7, 11) is 3.22. The topological polar surface area (TPSA) is 0 Å². The van der Waals surface area contributed by atoms with Crippen LogP contribution >= 0.6 is 7.93 Å². The molecule has 1 atom stereocenters. The second-order valence-electron chi connectivity index (χ2n) is 4.60. The third-order valence-corrected chi connectivity index (χ3v) is 14.0.